The van der Waals surface area contributed by atoms with E-state index in [4.69, 9.17) is 14.9 Å². The third-order valence-electron chi connectivity index (χ3n) is 3.24. The van der Waals surface area contributed by atoms with Crippen molar-refractivity contribution in [3.63, 3.8) is 0 Å². The van der Waals surface area contributed by atoms with Gasteiger partial charge in [0, 0.05) is 7.05 Å². The molecule has 0 saturated carbocycles. The lowest BCUT2D eigenvalue weighted by atomic mass is 10.2. The summed E-state index contributed by atoms with van der Waals surface area (Å²) in [5.41, 5.74) is 6.34. The van der Waals surface area contributed by atoms with Crippen molar-refractivity contribution in [3.05, 3.63) is 53.5 Å². The molecule has 0 atom stereocenters. The molecule has 0 aliphatic carbocycles. The number of halogens is 1. The van der Waals surface area contributed by atoms with Crippen LogP contribution in [0.25, 0.3) is 0 Å². The van der Waals surface area contributed by atoms with Crippen LogP contribution in [0, 0.1) is 6.92 Å². The fraction of sp³-hybridized carbons (Fsp3) is 0.294. The van der Waals surface area contributed by atoms with Crippen molar-refractivity contribution >= 4 is 35.8 Å². The maximum absolute atomic E-state index is 11.0. The van der Waals surface area contributed by atoms with E-state index < -0.39 is 5.91 Å². The van der Waals surface area contributed by atoms with Crippen molar-refractivity contribution in [1.82, 2.24) is 10.6 Å². The molecule has 0 saturated heterocycles. The Kier molecular flexibility index (Phi) is 8.82. The summed E-state index contributed by atoms with van der Waals surface area (Å²) in [6.45, 7) is 3.53. The zero-order chi connectivity index (χ0) is 17.4. The number of primary amides is 1. The second kappa shape index (κ2) is 10.6. The maximum atomic E-state index is 11.0. The minimum Gasteiger partial charge on any atom is -0.492 e. The lowest BCUT2D eigenvalue weighted by Crippen LogP contribution is -2.38. The highest BCUT2D eigenvalue weighted by Crippen LogP contribution is 2.10. The molecule has 0 aliphatic rings. The second-order valence-electron chi connectivity index (χ2n) is 5.14. The van der Waals surface area contributed by atoms with Gasteiger partial charge in [-0.1, -0.05) is 17.7 Å². The summed E-state index contributed by atoms with van der Waals surface area (Å²) in [7, 11) is 1.67. The van der Waals surface area contributed by atoms with E-state index in [-0.39, 0.29) is 29.7 Å². The van der Waals surface area contributed by atoms with Crippen LogP contribution < -0.4 is 21.1 Å². The number of carbonyl (C=O) groups excluding carboxylic acids is 1. The first kappa shape index (κ1) is 20.8. The molecule has 0 aliphatic heterocycles. The molecular formula is C17H23IN4O3. The van der Waals surface area contributed by atoms with Crippen LogP contribution in [0.4, 0.5) is 0 Å². The van der Waals surface area contributed by atoms with Gasteiger partial charge >= 0.3 is 0 Å². The molecule has 0 bridgehead atoms. The van der Waals surface area contributed by atoms with E-state index in [0.717, 1.165) is 5.75 Å². The van der Waals surface area contributed by atoms with Crippen LogP contribution in [-0.2, 0) is 6.54 Å². The van der Waals surface area contributed by atoms with Crippen LogP contribution in [0.2, 0.25) is 0 Å². The van der Waals surface area contributed by atoms with Crippen LogP contribution in [0.15, 0.2) is 45.8 Å². The van der Waals surface area contributed by atoms with E-state index in [2.05, 4.69) is 15.6 Å². The molecule has 4 N–H and O–H groups in total. The van der Waals surface area contributed by atoms with Gasteiger partial charge in [0.05, 0.1) is 13.1 Å². The van der Waals surface area contributed by atoms with Gasteiger partial charge in [0.25, 0.3) is 5.91 Å². The molecular weight excluding hydrogens is 435 g/mol. The van der Waals surface area contributed by atoms with E-state index >= 15 is 0 Å². The third-order valence-corrected chi connectivity index (χ3v) is 3.24. The number of guanidine groups is 1. The first-order valence-electron chi connectivity index (χ1n) is 7.61. The van der Waals surface area contributed by atoms with Crippen molar-refractivity contribution in [1.29, 1.82) is 0 Å². The number of furan rings is 1. The molecule has 8 heteroatoms. The van der Waals surface area contributed by atoms with Gasteiger partial charge < -0.3 is 25.5 Å². The normalized spacial score (nSPS) is 10.7. The Morgan fingerprint density at radius 2 is 1.92 bits per heavy atom. The topological polar surface area (TPSA) is 102 Å². The SMILES string of the molecule is CN=C(NCCOc1ccc(C)cc1)NCc1ccc(C(N)=O)o1.I. The number of ether oxygens (including phenoxy) is 1. The van der Waals surface area contributed by atoms with E-state index in [0.29, 0.717) is 31.4 Å². The highest BCUT2D eigenvalue weighted by atomic mass is 127. The van der Waals surface area contributed by atoms with Gasteiger partial charge in [-0.3, -0.25) is 9.79 Å². The molecule has 2 aromatic rings. The lowest BCUT2D eigenvalue weighted by molar-refractivity contribution is 0.0972. The third kappa shape index (κ3) is 7.04. The number of nitrogens with two attached hydrogens (primary N) is 1. The van der Waals surface area contributed by atoms with Crippen LogP contribution in [-0.4, -0.2) is 32.1 Å². The number of hydrogen-bond acceptors (Lipinski definition) is 4. The Hall–Kier alpha value is -2.23. The number of benzene rings is 1. The Morgan fingerprint density at radius 3 is 2.52 bits per heavy atom. The summed E-state index contributed by atoms with van der Waals surface area (Å²) in [5.74, 6) is 1.60. The lowest BCUT2D eigenvalue weighted by Gasteiger charge is -2.11. The Morgan fingerprint density at radius 1 is 1.20 bits per heavy atom. The minimum atomic E-state index is -0.586. The van der Waals surface area contributed by atoms with E-state index in [1.54, 1.807) is 19.2 Å². The van der Waals surface area contributed by atoms with Gasteiger partial charge in [-0.15, -0.1) is 24.0 Å². The minimum absolute atomic E-state index is 0. The zero-order valence-electron chi connectivity index (χ0n) is 14.2. The van der Waals surface area contributed by atoms with Crippen LogP contribution >= 0.6 is 24.0 Å². The van der Waals surface area contributed by atoms with Gasteiger partial charge in [0.2, 0.25) is 0 Å². The van der Waals surface area contributed by atoms with Gasteiger partial charge in [-0.05, 0) is 31.2 Å². The molecule has 25 heavy (non-hydrogen) atoms. The number of carbonyl (C=O) groups is 1. The molecule has 0 spiro atoms. The van der Waals surface area contributed by atoms with Gasteiger partial charge in [-0.2, -0.15) is 0 Å². The van der Waals surface area contributed by atoms with Crippen LogP contribution in [0.3, 0.4) is 0 Å². The number of amides is 1. The average Bonchev–Trinajstić information content (AvgIpc) is 3.05. The van der Waals surface area contributed by atoms with Gasteiger partial charge in [0.1, 0.15) is 18.1 Å². The first-order chi connectivity index (χ1) is 11.6. The Bertz CT molecular complexity index is 698. The van der Waals surface area contributed by atoms with Crippen molar-refractivity contribution in [3.8, 4) is 5.75 Å². The highest BCUT2D eigenvalue weighted by molar-refractivity contribution is 14.0. The fourth-order valence-electron chi connectivity index (χ4n) is 1.97. The molecule has 136 valence electrons. The molecule has 1 aromatic carbocycles. The Labute approximate surface area is 164 Å². The largest absolute Gasteiger partial charge is 0.492 e. The monoisotopic (exact) mass is 458 g/mol. The van der Waals surface area contributed by atoms with E-state index in [1.807, 2.05) is 31.2 Å². The van der Waals surface area contributed by atoms with Gasteiger partial charge in [-0.25, -0.2) is 0 Å². The van der Waals surface area contributed by atoms with Crippen LogP contribution in [0.5, 0.6) is 5.75 Å². The van der Waals surface area contributed by atoms with Crippen molar-refractivity contribution < 1.29 is 13.9 Å². The predicted octanol–water partition coefficient (Wildman–Crippen LogP) is 2.05. The van der Waals surface area contributed by atoms with E-state index in [1.165, 1.54) is 5.56 Å². The molecule has 7 nitrogen and oxygen atoms in total. The number of aliphatic imine (C=N–C) groups is 1. The summed E-state index contributed by atoms with van der Waals surface area (Å²) >= 11 is 0. The second-order valence-corrected chi connectivity index (χ2v) is 5.14. The average molecular weight is 458 g/mol. The van der Waals surface area contributed by atoms with Gasteiger partial charge in [0.15, 0.2) is 11.7 Å². The summed E-state index contributed by atoms with van der Waals surface area (Å²) in [4.78, 5) is 15.1. The quantitative estimate of drug-likeness (QED) is 0.255. The maximum Gasteiger partial charge on any atom is 0.284 e. The summed E-state index contributed by atoms with van der Waals surface area (Å²) in [6, 6.07) is 11.1. The summed E-state index contributed by atoms with van der Waals surface area (Å²) < 4.78 is 10.9. The first-order valence-corrected chi connectivity index (χ1v) is 7.61. The number of nitrogens with one attached hydrogen (secondary N) is 2. The summed E-state index contributed by atoms with van der Waals surface area (Å²) in [5, 5.41) is 6.21. The van der Waals surface area contributed by atoms with Crippen molar-refractivity contribution in [2.24, 2.45) is 10.7 Å². The zero-order valence-corrected chi connectivity index (χ0v) is 16.6. The smallest absolute Gasteiger partial charge is 0.284 e. The Balaban J connectivity index is 0.00000312. The fourth-order valence-corrected chi connectivity index (χ4v) is 1.97. The molecule has 1 heterocycles. The summed E-state index contributed by atoms with van der Waals surface area (Å²) in [6.07, 6.45) is 0. The highest BCUT2D eigenvalue weighted by Gasteiger charge is 2.07. The van der Waals surface area contributed by atoms with Crippen molar-refractivity contribution in [2.45, 2.75) is 13.5 Å². The number of rotatable bonds is 7. The molecule has 0 unspecified atom stereocenters. The molecule has 2 rings (SSSR count). The predicted molar refractivity (Wildman–Crippen MR) is 108 cm³/mol. The molecule has 1 amide bonds. The molecule has 1 aromatic heterocycles. The van der Waals surface area contributed by atoms with E-state index in [9.17, 15) is 4.79 Å². The number of hydrogen-bond donors (Lipinski definition) is 3. The molecule has 0 fully saturated rings. The van der Waals surface area contributed by atoms with Crippen molar-refractivity contribution in [2.75, 3.05) is 20.2 Å². The number of nitrogens with zero attached hydrogens (tertiary/aromatic N) is 1. The number of aryl methyl sites for hydroxylation is 1. The standard InChI is InChI=1S/C17H22N4O3.HI/c1-12-3-5-13(6-4-12)23-10-9-20-17(19-2)21-11-14-7-8-15(24-14)16(18)22;/h3-8H,9-11H2,1-2H3,(H2,18,22)(H2,19,20,21);1H. The van der Waals surface area contributed by atoms with Crippen LogP contribution in [0.1, 0.15) is 21.9 Å². The molecule has 0 radical (unpaired) electrons.